The van der Waals surface area contributed by atoms with Gasteiger partial charge in [0.05, 0.1) is 5.56 Å². The number of carbonyl (C=O) groups is 4. The van der Waals surface area contributed by atoms with Gasteiger partial charge in [0.2, 0.25) is 0 Å². The summed E-state index contributed by atoms with van der Waals surface area (Å²) >= 11 is 0. The summed E-state index contributed by atoms with van der Waals surface area (Å²) in [6.07, 6.45) is 0.793. The lowest BCUT2D eigenvalue weighted by atomic mass is 9.97. The highest BCUT2D eigenvalue weighted by atomic mass is 19.1. The van der Waals surface area contributed by atoms with Crippen LogP contribution in [-0.4, -0.2) is 35.0 Å². The molecule has 0 heterocycles. The Morgan fingerprint density at radius 2 is 1.45 bits per heavy atom. The largest absolute Gasteiger partial charge is 0.506 e. The molecule has 3 rings (SSSR count). The number of ether oxygens (including phenoxy) is 2. The van der Waals surface area contributed by atoms with Gasteiger partial charge in [-0.1, -0.05) is 69.2 Å². The lowest BCUT2D eigenvalue weighted by molar-refractivity contribution is -0.140. The Labute approximate surface area is 220 Å². The third-order valence-electron chi connectivity index (χ3n) is 5.86. The van der Waals surface area contributed by atoms with Gasteiger partial charge >= 0.3 is 17.9 Å². The minimum Gasteiger partial charge on any atom is -0.506 e. The summed E-state index contributed by atoms with van der Waals surface area (Å²) < 4.78 is 23.2. The topological polar surface area (TPSA) is 107 Å². The first-order valence-corrected chi connectivity index (χ1v) is 12.4. The van der Waals surface area contributed by atoms with Gasteiger partial charge in [-0.05, 0) is 48.2 Å². The zero-order chi connectivity index (χ0) is 27.7. The molecule has 0 spiro atoms. The van der Waals surface area contributed by atoms with Gasteiger partial charge in [-0.3, -0.25) is 9.59 Å². The highest BCUT2D eigenvalue weighted by Crippen LogP contribution is 2.28. The van der Waals surface area contributed by atoms with Gasteiger partial charge in [0.25, 0.3) is 0 Å². The van der Waals surface area contributed by atoms with Crippen molar-refractivity contribution in [2.45, 2.75) is 52.1 Å². The van der Waals surface area contributed by atoms with E-state index in [9.17, 15) is 28.7 Å². The molecule has 1 unspecified atom stereocenters. The molecule has 0 amide bonds. The van der Waals surface area contributed by atoms with Gasteiger partial charge in [-0.25, -0.2) is 14.0 Å². The summed E-state index contributed by atoms with van der Waals surface area (Å²) in [5.74, 6) is -3.50. The number of halogens is 1. The summed E-state index contributed by atoms with van der Waals surface area (Å²) in [6.45, 7) is 3.54. The highest BCUT2D eigenvalue weighted by molar-refractivity contribution is 6.13. The molecule has 7 nitrogen and oxygen atoms in total. The standard InChI is InChI=1S/C30H29FO7/c1-3-5-6-10-26(32)38-29(35)24-9-7-8-23(28(24)34)27(33)21-13-11-19(12-14-21)20-15-17-22(18-16-20)37-30(36)25(31)4-2/h7-9,11-18,25,34H,3-6,10H2,1-2H3. The van der Waals surface area contributed by atoms with Crippen LogP contribution in [0.2, 0.25) is 0 Å². The smallest absolute Gasteiger partial charge is 0.349 e. The maximum Gasteiger partial charge on any atom is 0.349 e. The number of carbonyl (C=O) groups excluding carboxylic acids is 4. The molecule has 0 aliphatic carbocycles. The molecule has 0 aromatic heterocycles. The molecule has 0 bridgehead atoms. The van der Waals surface area contributed by atoms with Crippen molar-refractivity contribution in [1.82, 2.24) is 0 Å². The maximum atomic E-state index is 13.4. The number of ketones is 1. The number of alkyl halides is 1. The second-order valence-corrected chi connectivity index (χ2v) is 8.65. The van der Waals surface area contributed by atoms with Crippen LogP contribution in [0.1, 0.15) is 72.2 Å². The number of aromatic hydroxyl groups is 1. The van der Waals surface area contributed by atoms with Gasteiger partial charge in [0.1, 0.15) is 17.1 Å². The van der Waals surface area contributed by atoms with E-state index in [0.717, 1.165) is 24.0 Å². The molecular weight excluding hydrogens is 491 g/mol. The third-order valence-corrected chi connectivity index (χ3v) is 5.86. The number of benzene rings is 3. The van der Waals surface area contributed by atoms with E-state index in [-0.39, 0.29) is 35.3 Å². The third kappa shape index (κ3) is 7.12. The molecular formula is C30H29FO7. The normalized spacial score (nSPS) is 11.4. The Morgan fingerprint density at radius 3 is 2.05 bits per heavy atom. The van der Waals surface area contributed by atoms with E-state index in [1.165, 1.54) is 18.2 Å². The van der Waals surface area contributed by atoms with Crippen LogP contribution in [0.3, 0.4) is 0 Å². The molecule has 198 valence electrons. The molecule has 0 saturated carbocycles. The number of para-hydroxylation sites is 1. The van der Waals surface area contributed by atoms with Crippen molar-refractivity contribution in [3.63, 3.8) is 0 Å². The van der Waals surface area contributed by atoms with Crippen LogP contribution in [0.4, 0.5) is 4.39 Å². The highest BCUT2D eigenvalue weighted by Gasteiger charge is 2.22. The van der Waals surface area contributed by atoms with Crippen LogP contribution in [-0.2, 0) is 14.3 Å². The fourth-order valence-electron chi connectivity index (χ4n) is 3.65. The van der Waals surface area contributed by atoms with Crippen LogP contribution in [0.15, 0.2) is 66.7 Å². The van der Waals surface area contributed by atoms with Gasteiger partial charge in [0, 0.05) is 12.0 Å². The molecule has 3 aromatic carbocycles. The Morgan fingerprint density at radius 1 is 0.842 bits per heavy atom. The number of unbranched alkanes of at least 4 members (excludes halogenated alkanes) is 2. The Balaban J connectivity index is 1.71. The Bertz CT molecular complexity index is 1300. The van der Waals surface area contributed by atoms with Crippen LogP contribution in [0, 0.1) is 0 Å². The summed E-state index contributed by atoms with van der Waals surface area (Å²) in [5, 5.41) is 10.6. The van der Waals surface area contributed by atoms with Crippen LogP contribution >= 0.6 is 0 Å². The van der Waals surface area contributed by atoms with Crippen molar-refractivity contribution in [2.24, 2.45) is 0 Å². The number of hydrogen-bond acceptors (Lipinski definition) is 7. The molecule has 38 heavy (non-hydrogen) atoms. The summed E-state index contributed by atoms with van der Waals surface area (Å²) in [4.78, 5) is 48.9. The molecule has 0 fully saturated rings. The van der Waals surface area contributed by atoms with Crippen LogP contribution < -0.4 is 4.74 Å². The molecule has 1 N–H and O–H groups in total. The molecule has 8 heteroatoms. The number of phenols is 1. The van der Waals surface area contributed by atoms with Crippen molar-refractivity contribution in [2.75, 3.05) is 0 Å². The van der Waals surface area contributed by atoms with E-state index in [0.29, 0.717) is 6.42 Å². The van der Waals surface area contributed by atoms with Crippen molar-refractivity contribution >= 4 is 23.7 Å². The van der Waals surface area contributed by atoms with E-state index < -0.39 is 35.6 Å². The van der Waals surface area contributed by atoms with E-state index in [1.54, 1.807) is 55.5 Å². The number of rotatable bonds is 11. The van der Waals surface area contributed by atoms with E-state index in [1.807, 2.05) is 6.92 Å². The SMILES string of the molecule is CCCCCC(=O)OC(=O)c1cccc(C(=O)c2ccc(-c3ccc(OC(=O)C(F)CC)cc3)cc2)c1O. The average molecular weight is 521 g/mol. The van der Waals surface area contributed by atoms with Gasteiger partial charge in [0.15, 0.2) is 12.0 Å². The predicted molar refractivity (Wildman–Crippen MR) is 139 cm³/mol. The monoisotopic (exact) mass is 520 g/mol. The van der Waals surface area contributed by atoms with Crippen molar-refractivity contribution in [3.8, 4) is 22.6 Å². The van der Waals surface area contributed by atoms with Crippen molar-refractivity contribution in [1.29, 1.82) is 0 Å². The van der Waals surface area contributed by atoms with Crippen LogP contribution in [0.5, 0.6) is 11.5 Å². The summed E-state index contributed by atoms with van der Waals surface area (Å²) in [7, 11) is 0. The zero-order valence-electron chi connectivity index (χ0n) is 21.2. The molecule has 0 aliphatic heterocycles. The maximum absolute atomic E-state index is 13.4. The Hall–Kier alpha value is -4.33. The van der Waals surface area contributed by atoms with Crippen LogP contribution in [0.25, 0.3) is 11.1 Å². The minimum absolute atomic E-state index is 0.0347. The summed E-state index contributed by atoms with van der Waals surface area (Å²) in [5.41, 5.74) is 1.43. The van der Waals surface area contributed by atoms with Gasteiger partial charge in [-0.2, -0.15) is 0 Å². The second-order valence-electron chi connectivity index (χ2n) is 8.65. The van der Waals surface area contributed by atoms with E-state index in [4.69, 9.17) is 9.47 Å². The number of phenolic OH excluding ortho intramolecular Hbond substituents is 1. The lowest BCUT2D eigenvalue weighted by Gasteiger charge is -2.10. The van der Waals surface area contributed by atoms with E-state index >= 15 is 0 Å². The Kier molecular flexibility index (Phi) is 9.87. The number of hydrogen-bond donors (Lipinski definition) is 1. The second kappa shape index (κ2) is 13.3. The first-order chi connectivity index (χ1) is 18.2. The van der Waals surface area contributed by atoms with E-state index in [2.05, 4.69) is 0 Å². The minimum atomic E-state index is -1.68. The predicted octanol–water partition coefficient (Wildman–Crippen LogP) is 6.21. The average Bonchev–Trinajstić information content (AvgIpc) is 2.93. The zero-order valence-corrected chi connectivity index (χ0v) is 21.2. The summed E-state index contributed by atoms with van der Waals surface area (Å²) in [6, 6.07) is 17.1. The number of esters is 3. The lowest BCUT2D eigenvalue weighted by Crippen LogP contribution is -2.20. The van der Waals surface area contributed by atoms with Crippen molar-refractivity contribution < 1.29 is 38.1 Å². The first-order valence-electron chi connectivity index (χ1n) is 12.4. The van der Waals surface area contributed by atoms with Crippen molar-refractivity contribution in [3.05, 3.63) is 83.4 Å². The van der Waals surface area contributed by atoms with Gasteiger partial charge in [-0.15, -0.1) is 0 Å². The molecule has 1 atom stereocenters. The quantitative estimate of drug-likeness (QED) is 0.105. The fraction of sp³-hybridized carbons (Fsp3) is 0.267. The van der Waals surface area contributed by atoms with Gasteiger partial charge < -0.3 is 14.6 Å². The molecule has 3 aromatic rings. The molecule has 0 aliphatic rings. The molecule has 0 saturated heterocycles. The first kappa shape index (κ1) is 28.2. The molecule has 0 radical (unpaired) electrons. The fourth-order valence-corrected chi connectivity index (χ4v) is 3.65.